The molecule has 0 spiro atoms. The van der Waals surface area contributed by atoms with Crippen molar-refractivity contribution in [3.63, 3.8) is 0 Å². The highest BCUT2D eigenvalue weighted by molar-refractivity contribution is 5.80. The van der Waals surface area contributed by atoms with Crippen molar-refractivity contribution < 1.29 is 27.5 Å². The molecule has 1 saturated heterocycles. The smallest absolute Gasteiger partial charge is 0.416 e. The van der Waals surface area contributed by atoms with Crippen LogP contribution < -0.4 is 10.6 Å². The molecule has 1 aliphatic rings. The summed E-state index contributed by atoms with van der Waals surface area (Å²) in [6, 6.07) is 4.20. The first-order valence-electron chi connectivity index (χ1n) is 7.34. The van der Waals surface area contributed by atoms with Crippen molar-refractivity contribution in [1.29, 1.82) is 0 Å². The molecule has 0 aromatic heterocycles. The number of ether oxygens (including phenoxy) is 1. The van der Waals surface area contributed by atoms with Crippen LogP contribution in [0.5, 0.6) is 0 Å². The Morgan fingerprint density at radius 1 is 1.33 bits per heavy atom. The lowest BCUT2D eigenvalue weighted by molar-refractivity contribution is -0.137. The van der Waals surface area contributed by atoms with E-state index in [2.05, 4.69) is 10.6 Å². The van der Waals surface area contributed by atoms with Crippen molar-refractivity contribution in [2.75, 3.05) is 33.3 Å². The molecule has 6 nitrogen and oxygen atoms in total. The van der Waals surface area contributed by atoms with E-state index in [9.17, 15) is 22.8 Å². The number of hydrogen-bond donors (Lipinski definition) is 2. The molecule has 1 unspecified atom stereocenters. The molecule has 1 atom stereocenters. The molecule has 0 saturated carbocycles. The van der Waals surface area contributed by atoms with Gasteiger partial charge in [0.15, 0.2) is 6.61 Å². The number of halogens is 3. The molecular formula is C15H18F3N3O3. The highest BCUT2D eigenvalue weighted by Gasteiger charge is 2.32. The van der Waals surface area contributed by atoms with Gasteiger partial charge in [0.25, 0.3) is 5.91 Å². The van der Waals surface area contributed by atoms with Crippen LogP contribution in [0.25, 0.3) is 0 Å². The second-order valence-electron chi connectivity index (χ2n) is 5.26. The van der Waals surface area contributed by atoms with Gasteiger partial charge in [-0.1, -0.05) is 12.1 Å². The molecule has 24 heavy (non-hydrogen) atoms. The predicted octanol–water partition coefficient (Wildman–Crippen LogP) is 1.53. The maximum atomic E-state index is 12.6. The van der Waals surface area contributed by atoms with Crippen LogP contribution in [-0.2, 0) is 15.7 Å². The summed E-state index contributed by atoms with van der Waals surface area (Å²) in [5.74, 6) is -0.440. The Morgan fingerprint density at radius 3 is 2.58 bits per heavy atom. The molecule has 132 valence electrons. The van der Waals surface area contributed by atoms with E-state index in [-0.39, 0.29) is 0 Å². The fraction of sp³-hybridized carbons (Fsp3) is 0.467. The first kappa shape index (κ1) is 18.1. The number of benzene rings is 1. The summed E-state index contributed by atoms with van der Waals surface area (Å²) in [5.41, 5.74) is -0.184. The SMILES string of the molecule is CNC(=O)COC(=O)N1CCNCC1c1ccc(C(F)(F)F)cc1. The molecule has 2 N–H and O–H groups in total. The van der Waals surface area contributed by atoms with Crippen LogP contribution in [0.3, 0.4) is 0 Å². The van der Waals surface area contributed by atoms with Gasteiger partial charge in [-0.3, -0.25) is 9.69 Å². The molecule has 0 radical (unpaired) electrons. The summed E-state index contributed by atoms with van der Waals surface area (Å²) < 4.78 is 42.9. The fourth-order valence-corrected chi connectivity index (χ4v) is 2.40. The van der Waals surface area contributed by atoms with E-state index in [1.807, 2.05) is 0 Å². The first-order valence-corrected chi connectivity index (χ1v) is 7.34. The fourth-order valence-electron chi connectivity index (χ4n) is 2.40. The highest BCUT2D eigenvalue weighted by Crippen LogP contribution is 2.31. The second-order valence-corrected chi connectivity index (χ2v) is 5.26. The standard InChI is InChI=1S/C15H18F3N3O3/c1-19-13(22)9-24-14(23)21-7-6-20-8-12(21)10-2-4-11(5-3-10)15(16,17)18/h2-5,12,20H,6-9H2,1H3,(H,19,22). The number of hydrogen-bond acceptors (Lipinski definition) is 4. The summed E-state index contributed by atoms with van der Waals surface area (Å²) in [7, 11) is 1.42. The maximum absolute atomic E-state index is 12.6. The Balaban J connectivity index is 2.11. The Hall–Kier alpha value is -2.29. The molecule has 2 amide bonds. The van der Waals surface area contributed by atoms with Crippen LogP contribution >= 0.6 is 0 Å². The van der Waals surface area contributed by atoms with E-state index < -0.39 is 36.4 Å². The summed E-state index contributed by atoms with van der Waals surface area (Å²) in [4.78, 5) is 24.7. The van der Waals surface area contributed by atoms with Crippen LogP contribution in [-0.4, -0.2) is 50.2 Å². The molecule has 1 aromatic rings. The van der Waals surface area contributed by atoms with E-state index in [1.54, 1.807) is 0 Å². The van der Waals surface area contributed by atoms with Crippen LogP contribution in [0.1, 0.15) is 17.2 Å². The van der Waals surface area contributed by atoms with Crippen molar-refractivity contribution >= 4 is 12.0 Å². The quantitative estimate of drug-likeness (QED) is 0.872. The summed E-state index contributed by atoms with van der Waals surface area (Å²) >= 11 is 0. The Bertz CT molecular complexity index is 590. The van der Waals surface area contributed by atoms with Crippen molar-refractivity contribution in [3.8, 4) is 0 Å². The van der Waals surface area contributed by atoms with Gasteiger partial charge in [0.2, 0.25) is 0 Å². The first-order chi connectivity index (χ1) is 11.3. The van der Waals surface area contributed by atoms with Crippen molar-refractivity contribution in [2.45, 2.75) is 12.2 Å². The van der Waals surface area contributed by atoms with E-state index in [1.165, 1.54) is 24.1 Å². The molecule has 1 heterocycles. The molecule has 0 aliphatic carbocycles. The normalized spacial score (nSPS) is 18.2. The summed E-state index contributed by atoms with van der Waals surface area (Å²) in [6.07, 6.45) is -5.08. The Morgan fingerprint density at radius 2 is 2.00 bits per heavy atom. The van der Waals surface area contributed by atoms with Gasteiger partial charge in [-0.2, -0.15) is 13.2 Å². The third-order valence-electron chi connectivity index (χ3n) is 3.71. The summed E-state index contributed by atoms with van der Waals surface area (Å²) in [6.45, 7) is 0.851. The number of alkyl halides is 3. The zero-order valence-electron chi connectivity index (χ0n) is 13.0. The van der Waals surface area contributed by atoms with Gasteiger partial charge >= 0.3 is 12.3 Å². The number of nitrogens with zero attached hydrogens (tertiary/aromatic N) is 1. The number of amides is 2. The summed E-state index contributed by atoms with van der Waals surface area (Å²) in [5, 5.41) is 5.42. The van der Waals surface area contributed by atoms with E-state index in [0.717, 1.165) is 12.1 Å². The lowest BCUT2D eigenvalue weighted by atomic mass is 10.0. The van der Waals surface area contributed by atoms with Gasteiger partial charge in [-0.25, -0.2) is 4.79 Å². The average molecular weight is 345 g/mol. The van der Waals surface area contributed by atoms with Gasteiger partial charge in [-0.05, 0) is 17.7 Å². The third-order valence-corrected chi connectivity index (χ3v) is 3.71. The number of likely N-dealkylation sites (N-methyl/N-ethyl adjacent to an activating group) is 1. The van der Waals surface area contributed by atoms with Crippen molar-refractivity contribution in [3.05, 3.63) is 35.4 Å². The Labute approximate surface area is 137 Å². The zero-order valence-corrected chi connectivity index (χ0v) is 13.0. The highest BCUT2D eigenvalue weighted by atomic mass is 19.4. The monoisotopic (exact) mass is 345 g/mol. The number of piperazine rings is 1. The van der Waals surface area contributed by atoms with Gasteiger partial charge in [0, 0.05) is 26.7 Å². The number of rotatable bonds is 3. The zero-order chi connectivity index (χ0) is 17.7. The van der Waals surface area contributed by atoms with Crippen LogP contribution in [0.4, 0.5) is 18.0 Å². The lowest BCUT2D eigenvalue weighted by Gasteiger charge is -2.35. The number of carbonyl (C=O) groups excluding carboxylic acids is 2. The topological polar surface area (TPSA) is 70.7 Å². The van der Waals surface area contributed by atoms with Gasteiger partial charge in [0.1, 0.15) is 0 Å². The van der Waals surface area contributed by atoms with Gasteiger partial charge < -0.3 is 15.4 Å². The van der Waals surface area contributed by atoms with E-state index in [4.69, 9.17) is 4.74 Å². The minimum atomic E-state index is -4.41. The molecular weight excluding hydrogens is 327 g/mol. The predicted molar refractivity (Wildman–Crippen MR) is 79.2 cm³/mol. The largest absolute Gasteiger partial charge is 0.439 e. The van der Waals surface area contributed by atoms with Crippen molar-refractivity contribution in [1.82, 2.24) is 15.5 Å². The van der Waals surface area contributed by atoms with Crippen LogP contribution in [0.2, 0.25) is 0 Å². The molecule has 1 aromatic carbocycles. The van der Waals surface area contributed by atoms with Gasteiger partial charge in [-0.15, -0.1) is 0 Å². The molecule has 0 bridgehead atoms. The second kappa shape index (κ2) is 7.52. The molecule has 9 heteroatoms. The third kappa shape index (κ3) is 4.38. The maximum Gasteiger partial charge on any atom is 0.416 e. The van der Waals surface area contributed by atoms with Crippen LogP contribution in [0.15, 0.2) is 24.3 Å². The number of carbonyl (C=O) groups is 2. The molecule has 2 rings (SSSR count). The van der Waals surface area contributed by atoms with Crippen molar-refractivity contribution in [2.24, 2.45) is 0 Å². The minimum Gasteiger partial charge on any atom is -0.439 e. The van der Waals surface area contributed by atoms with E-state index in [0.29, 0.717) is 25.2 Å². The molecule has 1 fully saturated rings. The number of nitrogens with one attached hydrogen (secondary N) is 2. The minimum absolute atomic E-state index is 0.332. The van der Waals surface area contributed by atoms with Gasteiger partial charge in [0.05, 0.1) is 11.6 Å². The van der Waals surface area contributed by atoms with Crippen LogP contribution in [0, 0.1) is 0 Å². The lowest BCUT2D eigenvalue weighted by Crippen LogP contribution is -2.49. The van der Waals surface area contributed by atoms with E-state index >= 15 is 0 Å². The molecule has 1 aliphatic heterocycles. The Kier molecular flexibility index (Phi) is 5.66. The average Bonchev–Trinajstić information content (AvgIpc) is 2.58.